The molecule has 3 aromatic heterocycles. The topological polar surface area (TPSA) is 102 Å². The summed E-state index contributed by atoms with van der Waals surface area (Å²) in [6.07, 6.45) is 5.86. The molecule has 2 atom stereocenters. The number of nitrogens with one attached hydrogen (secondary N) is 1. The number of amides is 1. The minimum atomic E-state index is -0.266. The number of aliphatic hydroxyl groups excluding tert-OH is 1. The average molecular weight is 357 g/mol. The number of aromatic nitrogens is 4. The van der Waals surface area contributed by atoms with E-state index in [9.17, 15) is 14.7 Å². The summed E-state index contributed by atoms with van der Waals surface area (Å²) in [5.41, 5.74) is 1.15. The van der Waals surface area contributed by atoms with Gasteiger partial charge in [-0.2, -0.15) is 5.10 Å². The van der Waals surface area contributed by atoms with Gasteiger partial charge in [-0.25, -0.2) is 9.50 Å². The Kier molecular flexibility index (Phi) is 5.32. The summed E-state index contributed by atoms with van der Waals surface area (Å²) < 4.78 is 3.11. The number of hydrogen-bond acceptors (Lipinski definition) is 5. The molecule has 0 bridgehead atoms. The SMILES string of the molecule is CC[C@@H](C)[C@@H](CO)NC(=O)CCn1ccc2c(cnc3ccnn32)c1=O. The molecule has 8 nitrogen and oxygen atoms in total. The number of rotatable bonds is 7. The zero-order chi connectivity index (χ0) is 18.7. The summed E-state index contributed by atoms with van der Waals surface area (Å²) >= 11 is 0. The van der Waals surface area contributed by atoms with Gasteiger partial charge in [-0.3, -0.25) is 9.59 Å². The number of pyridine rings is 1. The molecule has 0 unspecified atom stereocenters. The molecule has 3 aromatic rings. The van der Waals surface area contributed by atoms with Crippen LogP contribution in [-0.2, 0) is 11.3 Å². The lowest BCUT2D eigenvalue weighted by atomic mass is 10.00. The lowest BCUT2D eigenvalue weighted by Gasteiger charge is -2.22. The van der Waals surface area contributed by atoms with Gasteiger partial charge in [0.05, 0.1) is 29.7 Å². The van der Waals surface area contributed by atoms with E-state index >= 15 is 0 Å². The summed E-state index contributed by atoms with van der Waals surface area (Å²) in [6.45, 7) is 4.16. The zero-order valence-corrected chi connectivity index (χ0v) is 14.9. The van der Waals surface area contributed by atoms with Crippen LogP contribution in [0.1, 0.15) is 26.7 Å². The lowest BCUT2D eigenvalue weighted by Crippen LogP contribution is -2.42. The third-order valence-corrected chi connectivity index (χ3v) is 4.81. The summed E-state index contributed by atoms with van der Waals surface area (Å²) in [7, 11) is 0. The van der Waals surface area contributed by atoms with Crippen LogP contribution in [0.3, 0.4) is 0 Å². The van der Waals surface area contributed by atoms with Crippen molar-refractivity contribution in [1.29, 1.82) is 0 Å². The molecule has 138 valence electrons. The van der Waals surface area contributed by atoms with E-state index in [0.717, 1.165) is 6.42 Å². The van der Waals surface area contributed by atoms with E-state index in [1.54, 1.807) is 29.0 Å². The van der Waals surface area contributed by atoms with Crippen LogP contribution in [-0.4, -0.2) is 42.8 Å². The van der Waals surface area contributed by atoms with Gasteiger partial charge in [-0.1, -0.05) is 20.3 Å². The van der Waals surface area contributed by atoms with Crippen LogP contribution >= 0.6 is 0 Å². The van der Waals surface area contributed by atoms with Gasteiger partial charge in [-0.05, 0) is 12.0 Å². The van der Waals surface area contributed by atoms with Crippen molar-refractivity contribution in [1.82, 2.24) is 24.5 Å². The van der Waals surface area contributed by atoms with E-state index in [1.165, 1.54) is 10.8 Å². The fraction of sp³-hybridized carbons (Fsp3) is 0.444. The fourth-order valence-corrected chi connectivity index (χ4v) is 2.93. The van der Waals surface area contributed by atoms with Crippen molar-refractivity contribution >= 4 is 22.5 Å². The van der Waals surface area contributed by atoms with Crippen LogP contribution in [0, 0.1) is 5.92 Å². The number of fused-ring (bicyclic) bond motifs is 3. The number of nitrogens with zero attached hydrogens (tertiary/aromatic N) is 4. The first-order valence-electron chi connectivity index (χ1n) is 8.77. The largest absolute Gasteiger partial charge is 0.394 e. The molecule has 3 heterocycles. The van der Waals surface area contributed by atoms with Crippen LogP contribution in [0.15, 0.2) is 35.5 Å². The Morgan fingerprint density at radius 2 is 2.19 bits per heavy atom. The summed E-state index contributed by atoms with van der Waals surface area (Å²) in [4.78, 5) is 29.0. The van der Waals surface area contributed by atoms with E-state index in [-0.39, 0.29) is 43.0 Å². The highest BCUT2D eigenvalue weighted by Crippen LogP contribution is 2.11. The standard InChI is InChI=1S/C18H23N5O3/c1-3-12(2)14(11-24)21-17(25)6-9-22-8-5-15-13(18(22)26)10-19-16-4-7-20-23(15)16/h4-5,7-8,10,12,14,24H,3,6,9,11H2,1-2H3,(H,21,25)/t12-,14-/m1/s1. The normalized spacial score (nSPS) is 13.8. The fourth-order valence-electron chi connectivity index (χ4n) is 2.93. The van der Waals surface area contributed by atoms with Crippen molar-refractivity contribution in [2.75, 3.05) is 6.61 Å². The molecule has 2 N–H and O–H groups in total. The molecule has 0 radical (unpaired) electrons. The molecule has 0 aromatic carbocycles. The van der Waals surface area contributed by atoms with Crippen LogP contribution in [0.25, 0.3) is 16.6 Å². The average Bonchev–Trinajstić information content (AvgIpc) is 3.14. The number of carbonyl (C=O) groups excluding carboxylic acids is 1. The maximum absolute atomic E-state index is 12.6. The van der Waals surface area contributed by atoms with Gasteiger partial charge in [0.15, 0.2) is 5.65 Å². The van der Waals surface area contributed by atoms with E-state index in [4.69, 9.17) is 0 Å². The molecule has 1 amide bonds. The molecule has 0 fully saturated rings. The van der Waals surface area contributed by atoms with Gasteiger partial charge in [-0.15, -0.1) is 0 Å². The Bertz CT molecular complexity index is 978. The van der Waals surface area contributed by atoms with Crippen molar-refractivity contribution < 1.29 is 9.90 Å². The van der Waals surface area contributed by atoms with Crippen LogP contribution in [0.5, 0.6) is 0 Å². The first-order valence-corrected chi connectivity index (χ1v) is 8.77. The smallest absolute Gasteiger partial charge is 0.261 e. The summed E-state index contributed by atoms with van der Waals surface area (Å²) in [5, 5.41) is 16.9. The third-order valence-electron chi connectivity index (χ3n) is 4.81. The van der Waals surface area contributed by atoms with Crippen molar-refractivity contribution in [2.24, 2.45) is 5.92 Å². The Labute approximate surface area is 150 Å². The molecule has 26 heavy (non-hydrogen) atoms. The number of hydrogen-bond donors (Lipinski definition) is 2. The molecule has 0 saturated carbocycles. The lowest BCUT2D eigenvalue weighted by molar-refractivity contribution is -0.122. The zero-order valence-electron chi connectivity index (χ0n) is 14.9. The molecule has 0 aliphatic carbocycles. The third kappa shape index (κ3) is 3.45. The Hall–Kier alpha value is -2.74. The minimum absolute atomic E-state index is 0.0950. The predicted octanol–water partition coefficient (Wildman–Crippen LogP) is 0.957. The van der Waals surface area contributed by atoms with Gasteiger partial charge < -0.3 is 15.0 Å². The highest BCUT2D eigenvalue weighted by Gasteiger charge is 2.17. The van der Waals surface area contributed by atoms with E-state index in [2.05, 4.69) is 15.4 Å². The van der Waals surface area contributed by atoms with Crippen LogP contribution in [0.4, 0.5) is 0 Å². The molecule has 0 aliphatic heterocycles. The summed E-state index contributed by atoms with van der Waals surface area (Å²) in [5.74, 6) is 0.00638. The van der Waals surface area contributed by atoms with Gasteiger partial charge in [0.1, 0.15) is 0 Å². The van der Waals surface area contributed by atoms with Gasteiger partial charge in [0.2, 0.25) is 5.91 Å². The molecule has 0 aliphatic rings. The second kappa shape index (κ2) is 7.65. The quantitative estimate of drug-likeness (QED) is 0.656. The Morgan fingerprint density at radius 3 is 2.92 bits per heavy atom. The highest BCUT2D eigenvalue weighted by atomic mass is 16.3. The first-order chi connectivity index (χ1) is 12.5. The minimum Gasteiger partial charge on any atom is -0.394 e. The Morgan fingerprint density at radius 1 is 1.38 bits per heavy atom. The van der Waals surface area contributed by atoms with E-state index in [1.807, 2.05) is 13.8 Å². The molecule has 8 heteroatoms. The number of aliphatic hydroxyl groups is 1. The van der Waals surface area contributed by atoms with Gasteiger partial charge >= 0.3 is 0 Å². The van der Waals surface area contributed by atoms with Crippen LogP contribution < -0.4 is 10.9 Å². The number of carbonyl (C=O) groups is 1. The molecule has 0 saturated heterocycles. The molecular formula is C18H23N5O3. The number of aryl methyl sites for hydroxylation is 1. The van der Waals surface area contributed by atoms with Gasteiger partial charge in [0.25, 0.3) is 5.56 Å². The maximum atomic E-state index is 12.6. The first kappa shape index (κ1) is 18.1. The van der Waals surface area contributed by atoms with Crippen molar-refractivity contribution in [3.8, 4) is 0 Å². The van der Waals surface area contributed by atoms with Crippen molar-refractivity contribution in [3.63, 3.8) is 0 Å². The van der Waals surface area contributed by atoms with Gasteiger partial charge in [0, 0.05) is 31.4 Å². The molecular weight excluding hydrogens is 334 g/mol. The van der Waals surface area contributed by atoms with Crippen molar-refractivity contribution in [3.05, 3.63) is 41.1 Å². The second-order valence-electron chi connectivity index (χ2n) is 6.46. The highest BCUT2D eigenvalue weighted by molar-refractivity contribution is 5.79. The molecule has 3 rings (SSSR count). The Balaban J connectivity index is 1.75. The van der Waals surface area contributed by atoms with E-state index < -0.39 is 0 Å². The maximum Gasteiger partial charge on any atom is 0.261 e. The second-order valence-corrected chi connectivity index (χ2v) is 6.46. The molecule has 0 spiro atoms. The summed E-state index contributed by atoms with van der Waals surface area (Å²) in [6, 6.07) is 3.30. The van der Waals surface area contributed by atoms with Crippen molar-refractivity contribution in [2.45, 2.75) is 39.3 Å². The van der Waals surface area contributed by atoms with E-state index in [0.29, 0.717) is 16.6 Å². The van der Waals surface area contributed by atoms with Crippen LogP contribution in [0.2, 0.25) is 0 Å². The predicted molar refractivity (Wildman–Crippen MR) is 97.8 cm³/mol. The monoisotopic (exact) mass is 357 g/mol.